The van der Waals surface area contributed by atoms with Crippen molar-refractivity contribution in [1.82, 2.24) is 5.32 Å². The van der Waals surface area contributed by atoms with Crippen LogP contribution in [-0.4, -0.2) is 17.3 Å². The Morgan fingerprint density at radius 2 is 2.33 bits per heavy atom. The molecule has 1 unspecified atom stereocenters. The molecule has 12 heavy (non-hydrogen) atoms. The summed E-state index contributed by atoms with van der Waals surface area (Å²) in [6, 6.07) is 0. The Bertz CT molecular complexity index is 155. The smallest absolute Gasteiger partial charge is 0.223 e. The van der Waals surface area contributed by atoms with Gasteiger partial charge in [0.1, 0.15) is 0 Å². The molecule has 70 valence electrons. The van der Waals surface area contributed by atoms with Gasteiger partial charge in [-0.1, -0.05) is 22.9 Å². The second-order valence-corrected chi connectivity index (χ2v) is 5.05. The number of rotatable bonds is 5. The highest BCUT2D eigenvalue weighted by molar-refractivity contribution is 9.09. The molecule has 0 saturated heterocycles. The van der Waals surface area contributed by atoms with E-state index in [2.05, 4.69) is 28.2 Å². The molecule has 0 aliphatic heterocycles. The maximum absolute atomic E-state index is 11.1. The number of halogens is 1. The second-order valence-electron chi connectivity index (χ2n) is 3.49. The Labute approximate surface area is 82.2 Å². The van der Waals surface area contributed by atoms with E-state index < -0.39 is 0 Å². The zero-order chi connectivity index (χ0) is 8.97. The molecule has 2 nitrogen and oxygen atoms in total. The van der Waals surface area contributed by atoms with Crippen LogP contribution in [0.1, 0.15) is 32.6 Å². The maximum Gasteiger partial charge on any atom is 0.223 e. The number of alkyl halides is 1. The lowest BCUT2D eigenvalue weighted by Crippen LogP contribution is -2.26. The predicted octanol–water partition coefficient (Wildman–Crippen LogP) is 2.08. The monoisotopic (exact) mass is 233 g/mol. The SMILES string of the molecule is CC(Br)CCCNC(=O)C1CC1. The Kier molecular flexibility index (Phi) is 4.06. The van der Waals surface area contributed by atoms with E-state index in [1.54, 1.807) is 0 Å². The average Bonchev–Trinajstić information content (AvgIpc) is 2.79. The molecule has 0 heterocycles. The fraction of sp³-hybridized carbons (Fsp3) is 0.889. The number of carbonyl (C=O) groups is 1. The van der Waals surface area contributed by atoms with Crippen molar-refractivity contribution in [3.8, 4) is 0 Å². The third kappa shape index (κ3) is 4.10. The van der Waals surface area contributed by atoms with Gasteiger partial charge in [-0.25, -0.2) is 0 Å². The molecule has 1 rings (SSSR count). The Hall–Kier alpha value is -0.0500. The summed E-state index contributed by atoms with van der Waals surface area (Å²) in [5, 5.41) is 2.94. The van der Waals surface area contributed by atoms with Crippen LogP contribution in [-0.2, 0) is 4.79 Å². The highest BCUT2D eigenvalue weighted by atomic mass is 79.9. The molecule has 1 atom stereocenters. The molecule has 1 amide bonds. The molecular formula is C9H16BrNO. The quantitative estimate of drug-likeness (QED) is 0.572. The summed E-state index contributed by atoms with van der Waals surface area (Å²) in [5.74, 6) is 0.614. The minimum absolute atomic E-state index is 0.261. The van der Waals surface area contributed by atoms with Crippen LogP contribution in [0.3, 0.4) is 0 Å². The standard InChI is InChI=1S/C9H16BrNO/c1-7(10)3-2-6-11-9(12)8-4-5-8/h7-8H,2-6H2,1H3,(H,11,12). The van der Waals surface area contributed by atoms with E-state index in [0.29, 0.717) is 10.7 Å². The van der Waals surface area contributed by atoms with Gasteiger partial charge in [-0.15, -0.1) is 0 Å². The third-order valence-corrected chi connectivity index (χ3v) is 2.48. The molecule has 1 aliphatic rings. The zero-order valence-corrected chi connectivity index (χ0v) is 9.06. The molecular weight excluding hydrogens is 218 g/mol. The van der Waals surface area contributed by atoms with E-state index in [9.17, 15) is 4.79 Å². The van der Waals surface area contributed by atoms with E-state index in [1.165, 1.54) is 0 Å². The first-order valence-corrected chi connectivity index (χ1v) is 5.53. The van der Waals surface area contributed by atoms with E-state index in [1.807, 2.05) is 0 Å². The summed E-state index contributed by atoms with van der Waals surface area (Å²) < 4.78 is 0. The Morgan fingerprint density at radius 1 is 1.67 bits per heavy atom. The van der Waals surface area contributed by atoms with Crippen LogP contribution in [0.5, 0.6) is 0 Å². The summed E-state index contributed by atoms with van der Waals surface area (Å²) in [6.07, 6.45) is 4.40. The molecule has 1 saturated carbocycles. The van der Waals surface area contributed by atoms with Crippen molar-refractivity contribution in [3.63, 3.8) is 0 Å². The van der Waals surface area contributed by atoms with Crippen molar-refractivity contribution >= 4 is 21.8 Å². The predicted molar refractivity (Wildman–Crippen MR) is 53.4 cm³/mol. The molecule has 1 N–H and O–H groups in total. The van der Waals surface area contributed by atoms with Crippen LogP contribution in [0.2, 0.25) is 0 Å². The fourth-order valence-electron chi connectivity index (χ4n) is 1.08. The van der Waals surface area contributed by atoms with E-state index in [0.717, 1.165) is 32.2 Å². The molecule has 0 bridgehead atoms. The molecule has 1 aliphatic carbocycles. The van der Waals surface area contributed by atoms with Gasteiger partial charge in [0.15, 0.2) is 0 Å². The van der Waals surface area contributed by atoms with Crippen LogP contribution in [0.25, 0.3) is 0 Å². The molecule has 0 aromatic heterocycles. The summed E-state index contributed by atoms with van der Waals surface area (Å²) in [6.45, 7) is 2.97. The fourth-order valence-corrected chi connectivity index (χ4v) is 1.41. The van der Waals surface area contributed by atoms with Crippen molar-refractivity contribution < 1.29 is 4.79 Å². The van der Waals surface area contributed by atoms with E-state index >= 15 is 0 Å². The minimum atomic E-state index is 0.261. The van der Waals surface area contributed by atoms with Crippen LogP contribution < -0.4 is 5.32 Å². The maximum atomic E-state index is 11.1. The molecule has 0 spiro atoms. The summed E-state index contributed by atoms with van der Waals surface area (Å²) >= 11 is 3.47. The van der Waals surface area contributed by atoms with E-state index in [4.69, 9.17) is 0 Å². The first-order valence-electron chi connectivity index (χ1n) is 4.62. The first kappa shape index (κ1) is 10.0. The van der Waals surface area contributed by atoms with Crippen LogP contribution >= 0.6 is 15.9 Å². The Balaban J connectivity index is 1.91. The van der Waals surface area contributed by atoms with Gasteiger partial charge in [0.2, 0.25) is 5.91 Å². The largest absolute Gasteiger partial charge is 0.356 e. The highest BCUT2D eigenvalue weighted by Gasteiger charge is 2.28. The van der Waals surface area contributed by atoms with Gasteiger partial charge in [-0.05, 0) is 25.7 Å². The van der Waals surface area contributed by atoms with Crippen LogP contribution in [0, 0.1) is 5.92 Å². The summed E-state index contributed by atoms with van der Waals surface area (Å²) in [5.41, 5.74) is 0. The van der Waals surface area contributed by atoms with Gasteiger partial charge in [-0.2, -0.15) is 0 Å². The van der Waals surface area contributed by atoms with Crippen molar-refractivity contribution in [1.29, 1.82) is 0 Å². The van der Waals surface area contributed by atoms with Gasteiger partial charge < -0.3 is 5.32 Å². The van der Waals surface area contributed by atoms with Crippen molar-refractivity contribution in [2.24, 2.45) is 5.92 Å². The topological polar surface area (TPSA) is 29.1 Å². The minimum Gasteiger partial charge on any atom is -0.356 e. The zero-order valence-electron chi connectivity index (χ0n) is 7.48. The number of hydrogen-bond donors (Lipinski definition) is 1. The van der Waals surface area contributed by atoms with Gasteiger partial charge in [0.25, 0.3) is 0 Å². The number of hydrogen-bond acceptors (Lipinski definition) is 1. The lowest BCUT2D eigenvalue weighted by molar-refractivity contribution is -0.122. The average molecular weight is 234 g/mol. The molecule has 0 aromatic carbocycles. The van der Waals surface area contributed by atoms with E-state index in [-0.39, 0.29) is 5.91 Å². The third-order valence-electron chi connectivity index (χ3n) is 2.03. The molecule has 1 fully saturated rings. The lowest BCUT2D eigenvalue weighted by Gasteiger charge is -2.04. The second kappa shape index (κ2) is 4.85. The lowest BCUT2D eigenvalue weighted by atomic mass is 10.2. The van der Waals surface area contributed by atoms with Gasteiger partial charge in [-0.3, -0.25) is 4.79 Å². The summed E-state index contributed by atoms with van der Waals surface area (Å²) in [4.78, 5) is 11.7. The highest BCUT2D eigenvalue weighted by Crippen LogP contribution is 2.28. The van der Waals surface area contributed by atoms with Crippen LogP contribution in [0.4, 0.5) is 0 Å². The van der Waals surface area contributed by atoms with Gasteiger partial charge in [0, 0.05) is 17.3 Å². The number of carbonyl (C=O) groups excluding carboxylic acids is 1. The molecule has 0 aromatic rings. The first-order chi connectivity index (χ1) is 5.70. The van der Waals surface area contributed by atoms with Crippen molar-refractivity contribution in [2.45, 2.75) is 37.4 Å². The number of amides is 1. The van der Waals surface area contributed by atoms with Gasteiger partial charge >= 0.3 is 0 Å². The van der Waals surface area contributed by atoms with Crippen molar-refractivity contribution in [2.75, 3.05) is 6.54 Å². The van der Waals surface area contributed by atoms with Crippen molar-refractivity contribution in [3.05, 3.63) is 0 Å². The number of nitrogens with one attached hydrogen (secondary N) is 1. The molecule has 0 radical (unpaired) electrons. The Morgan fingerprint density at radius 3 is 2.83 bits per heavy atom. The molecule has 3 heteroatoms. The summed E-state index contributed by atoms with van der Waals surface area (Å²) in [7, 11) is 0. The normalized spacial score (nSPS) is 18.8. The van der Waals surface area contributed by atoms with Gasteiger partial charge in [0.05, 0.1) is 0 Å². The van der Waals surface area contributed by atoms with Crippen LogP contribution in [0.15, 0.2) is 0 Å².